The van der Waals surface area contributed by atoms with E-state index in [9.17, 15) is 21.6 Å². The van der Waals surface area contributed by atoms with E-state index in [1.54, 1.807) is 38.1 Å². The molecule has 2 amide bonds. The minimum absolute atomic E-state index is 0.0813. The number of benzene rings is 2. The van der Waals surface area contributed by atoms with Crippen LogP contribution in [0.25, 0.3) is 0 Å². The van der Waals surface area contributed by atoms with Crippen molar-refractivity contribution in [2.45, 2.75) is 26.7 Å². The van der Waals surface area contributed by atoms with E-state index in [4.69, 9.17) is 8.37 Å². The molecule has 9 nitrogen and oxygen atoms in total. The van der Waals surface area contributed by atoms with Crippen LogP contribution in [0, 0.1) is 0 Å². The quantitative estimate of drug-likeness (QED) is 0.523. The predicted octanol–water partition coefficient (Wildman–Crippen LogP) is 3.57. The van der Waals surface area contributed by atoms with Crippen molar-refractivity contribution < 1.29 is 30.0 Å². The van der Waals surface area contributed by atoms with Crippen molar-refractivity contribution in [2.75, 3.05) is 22.1 Å². The van der Waals surface area contributed by atoms with E-state index in [-0.39, 0.29) is 23.0 Å². The van der Waals surface area contributed by atoms with E-state index in [1.807, 2.05) is 0 Å². The molecule has 30 heavy (non-hydrogen) atoms. The van der Waals surface area contributed by atoms with Crippen molar-refractivity contribution >= 4 is 37.6 Å². The second-order valence-corrected chi connectivity index (χ2v) is 9.71. The summed E-state index contributed by atoms with van der Waals surface area (Å²) in [5.74, 6) is -0.0646. The number of carbonyl (C=O) groups is 1. The predicted molar refractivity (Wildman–Crippen MR) is 115 cm³/mol. The topological polar surface area (TPSA) is 128 Å². The summed E-state index contributed by atoms with van der Waals surface area (Å²) in [6.45, 7) is 3.45. The molecule has 164 valence electrons. The molecular formula is C19H24N2O7S2. The first-order valence-corrected chi connectivity index (χ1v) is 12.4. The first-order valence-electron chi connectivity index (χ1n) is 9.25. The number of nitrogens with one attached hydrogen (secondary N) is 2. The first-order chi connectivity index (χ1) is 14.1. The van der Waals surface area contributed by atoms with Gasteiger partial charge in [0.2, 0.25) is 0 Å². The number of carbonyl (C=O) groups excluding carboxylic acids is 1. The van der Waals surface area contributed by atoms with E-state index in [0.29, 0.717) is 24.2 Å². The summed E-state index contributed by atoms with van der Waals surface area (Å²) >= 11 is 0. The van der Waals surface area contributed by atoms with Crippen LogP contribution in [0.5, 0.6) is 11.5 Å². The Bertz CT molecular complexity index is 998. The largest absolute Gasteiger partial charge is 0.382 e. The Balaban J connectivity index is 2.03. The lowest BCUT2D eigenvalue weighted by Crippen LogP contribution is -2.20. The lowest BCUT2D eigenvalue weighted by Gasteiger charge is -2.11. The smallest absolute Gasteiger partial charge is 0.323 e. The molecule has 0 saturated heterocycles. The van der Waals surface area contributed by atoms with Crippen LogP contribution < -0.4 is 19.0 Å². The van der Waals surface area contributed by atoms with Gasteiger partial charge in [0.1, 0.15) is 11.5 Å². The zero-order valence-electron chi connectivity index (χ0n) is 16.6. The Hall–Kier alpha value is -2.79. The molecule has 2 aromatic carbocycles. The van der Waals surface area contributed by atoms with E-state index in [1.165, 1.54) is 24.3 Å². The second kappa shape index (κ2) is 10.3. The Kier molecular flexibility index (Phi) is 8.07. The molecule has 2 N–H and O–H groups in total. The normalized spacial score (nSPS) is 11.5. The second-order valence-electron chi connectivity index (χ2n) is 6.33. The van der Waals surface area contributed by atoms with Gasteiger partial charge in [-0.2, -0.15) is 16.8 Å². The Morgan fingerprint density at radius 2 is 1.17 bits per heavy atom. The number of amides is 2. The standard InChI is InChI=1S/C19H24N2O7S2/c1-3-11-29(23,24)27-17-9-5-7-15(13-17)20-19(22)21-16-8-6-10-18(14-16)28-30(25,26)12-4-2/h5-10,13-14H,3-4,11-12H2,1-2H3,(H2,20,21,22). The minimum atomic E-state index is -3.69. The fourth-order valence-corrected chi connectivity index (χ4v) is 4.38. The molecule has 0 aliphatic carbocycles. The van der Waals surface area contributed by atoms with Crippen LogP contribution in [0.3, 0.4) is 0 Å². The molecule has 2 rings (SSSR count). The van der Waals surface area contributed by atoms with E-state index in [0.717, 1.165) is 0 Å². The van der Waals surface area contributed by atoms with Crippen molar-refractivity contribution in [3.63, 3.8) is 0 Å². The van der Waals surface area contributed by atoms with Crippen molar-refractivity contribution in [3.05, 3.63) is 48.5 Å². The molecule has 0 saturated carbocycles. The number of anilines is 2. The molecule has 0 bridgehead atoms. The molecular weight excluding hydrogens is 432 g/mol. The molecule has 0 aliphatic rings. The van der Waals surface area contributed by atoms with Crippen LogP contribution in [0.2, 0.25) is 0 Å². The summed E-state index contributed by atoms with van der Waals surface area (Å²) in [6, 6.07) is 11.3. The van der Waals surface area contributed by atoms with Crippen molar-refractivity contribution in [3.8, 4) is 11.5 Å². The van der Waals surface area contributed by atoms with Crippen molar-refractivity contribution in [1.29, 1.82) is 0 Å². The highest BCUT2D eigenvalue weighted by molar-refractivity contribution is 7.87. The summed E-state index contributed by atoms with van der Waals surface area (Å²) in [4.78, 5) is 12.2. The van der Waals surface area contributed by atoms with Gasteiger partial charge in [-0.1, -0.05) is 26.0 Å². The van der Waals surface area contributed by atoms with Crippen LogP contribution in [-0.2, 0) is 20.2 Å². The van der Waals surface area contributed by atoms with Gasteiger partial charge in [-0.3, -0.25) is 0 Å². The average Bonchev–Trinajstić information content (AvgIpc) is 2.61. The van der Waals surface area contributed by atoms with Crippen LogP contribution >= 0.6 is 0 Å². The van der Waals surface area contributed by atoms with E-state index in [2.05, 4.69) is 10.6 Å². The fraction of sp³-hybridized carbons (Fsp3) is 0.316. The van der Waals surface area contributed by atoms with Gasteiger partial charge < -0.3 is 19.0 Å². The van der Waals surface area contributed by atoms with Gasteiger partial charge >= 0.3 is 26.3 Å². The van der Waals surface area contributed by atoms with Crippen molar-refractivity contribution in [2.24, 2.45) is 0 Å². The monoisotopic (exact) mass is 456 g/mol. The molecule has 0 heterocycles. The number of hydrogen-bond donors (Lipinski definition) is 2. The zero-order chi connectivity index (χ0) is 22.2. The molecule has 0 fully saturated rings. The maximum absolute atomic E-state index is 12.2. The summed E-state index contributed by atoms with van der Waals surface area (Å²) < 4.78 is 57.1. The van der Waals surface area contributed by atoms with Gasteiger partial charge in [-0.05, 0) is 37.1 Å². The molecule has 0 aromatic heterocycles. The van der Waals surface area contributed by atoms with Crippen LogP contribution in [0.15, 0.2) is 48.5 Å². The van der Waals surface area contributed by atoms with E-state index < -0.39 is 26.3 Å². The third-order valence-corrected chi connectivity index (χ3v) is 6.25. The molecule has 2 aromatic rings. The number of hydrogen-bond acceptors (Lipinski definition) is 7. The summed E-state index contributed by atoms with van der Waals surface area (Å²) in [5, 5.41) is 5.11. The third kappa shape index (κ3) is 7.91. The highest BCUT2D eigenvalue weighted by Crippen LogP contribution is 2.21. The fourth-order valence-electron chi connectivity index (χ4n) is 2.42. The van der Waals surface area contributed by atoms with Gasteiger partial charge in [0, 0.05) is 23.5 Å². The zero-order valence-corrected chi connectivity index (χ0v) is 18.3. The summed E-state index contributed by atoms with van der Waals surface area (Å²) in [6.07, 6.45) is 0.844. The maximum Gasteiger partial charge on any atom is 0.323 e. The maximum atomic E-state index is 12.2. The lowest BCUT2D eigenvalue weighted by atomic mass is 10.3. The van der Waals surface area contributed by atoms with E-state index >= 15 is 0 Å². The van der Waals surface area contributed by atoms with Gasteiger partial charge in [-0.15, -0.1) is 0 Å². The van der Waals surface area contributed by atoms with Gasteiger partial charge in [0.05, 0.1) is 11.5 Å². The van der Waals surface area contributed by atoms with Gasteiger partial charge in [0.25, 0.3) is 0 Å². The molecule has 0 radical (unpaired) electrons. The Morgan fingerprint density at radius 3 is 1.53 bits per heavy atom. The SMILES string of the molecule is CCCS(=O)(=O)Oc1cccc(NC(=O)Nc2cccc(OS(=O)(=O)CCC)c2)c1. The van der Waals surface area contributed by atoms with Gasteiger partial charge in [0.15, 0.2) is 0 Å². The number of urea groups is 1. The highest BCUT2D eigenvalue weighted by Gasteiger charge is 2.13. The minimum Gasteiger partial charge on any atom is -0.382 e. The molecule has 0 spiro atoms. The average molecular weight is 457 g/mol. The van der Waals surface area contributed by atoms with Crippen LogP contribution in [-0.4, -0.2) is 34.4 Å². The molecule has 0 aliphatic heterocycles. The Labute approximate surface area is 176 Å². The number of rotatable bonds is 10. The van der Waals surface area contributed by atoms with Crippen molar-refractivity contribution in [1.82, 2.24) is 0 Å². The molecule has 11 heteroatoms. The highest BCUT2D eigenvalue weighted by atomic mass is 32.2. The molecule has 0 unspecified atom stereocenters. The lowest BCUT2D eigenvalue weighted by molar-refractivity contribution is 0.262. The first kappa shape index (κ1) is 23.5. The molecule has 0 atom stereocenters. The summed E-state index contributed by atoms with van der Waals surface area (Å²) in [5.41, 5.74) is 0.629. The van der Waals surface area contributed by atoms with Crippen LogP contribution in [0.1, 0.15) is 26.7 Å². The third-order valence-electron chi connectivity index (χ3n) is 3.54. The van der Waals surface area contributed by atoms with Gasteiger partial charge in [-0.25, -0.2) is 4.79 Å². The Morgan fingerprint density at radius 1 is 0.767 bits per heavy atom. The van der Waals surface area contributed by atoms with Crippen LogP contribution in [0.4, 0.5) is 16.2 Å². The summed E-state index contributed by atoms with van der Waals surface area (Å²) in [7, 11) is -7.39.